The number of hydrogen-bond acceptors (Lipinski definition) is 8. The normalized spacial score (nSPS) is 11.6. The van der Waals surface area contributed by atoms with E-state index in [4.69, 9.17) is 18.9 Å². The van der Waals surface area contributed by atoms with Crippen molar-refractivity contribution in [2.75, 3.05) is 26.4 Å². The molecule has 0 bridgehead atoms. The van der Waals surface area contributed by atoms with Gasteiger partial charge in [0.2, 0.25) is 0 Å². The summed E-state index contributed by atoms with van der Waals surface area (Å²) in [4.78, 5) is 1.94. The van der Waals surface area contributed by atoms with E-state index in [1.165, 1.54) is 36.4 Å². The minimum atomic E-state index is -4.91. The van der Waals surface area contributed by atoms with Crippen LogP contribution in [0.2, 0.25) is 0 Å². The summed E-state index contributed by atoms with van der Waals surface area (Å²) in [5, 5.41) is 0. The topological polar surface area (TPSA) is 142 Å². The molecule has 0 aromatic heterocycles. The van der Waals surface area contributed by atoms with Gasteiger partial charge in [-0.2, -0.15) is 0 Å². The van der Waals surface area contributed by atoms with Crippen molar-refractivity contribution in [2.45, 2.75) is 115 Å². The number of ether oxygens (including phenoxy) is 4. The average molecular weight is 667 g/mol. The minimum absolute atomic E-state index is 0.0812. The van der Waals surface area contributed by atoms with Gasteiger partial charge in [-0.05, 0) is 49.9 Å². The van der Waals surface area contributed by atoms with Crippen molar-refractivity contribution in [2.24, 2.45) is 0 Å². The van der Waals surface area contributed by atoms with E-state index in [-0.39, 0.29) is 24.7 Å². The molecule has 0 heterocycles. The van der Waals surface area contributed by atoms with E-state index in [2.05, 4.69) is 18.6 Å². The van der Waals surface area contributed by atoms with Crippen LogP contribution in [0, 0.1) is 0 Å². The summed E-state index contributed by atoms with van der Waals surface area (Å²) in [5.41, 5.74) is 9.93. The number of unbranched alkanes of at least 4 members (excludes halogenated alkanes) is 8. The Morgan fingerprint density at radius 1 is 0.556 bits per heavy atom. The Labute approximate surface area is 269 Å². The van der Waals surface area contributed by atoms with Crippen LogP contribution in [0.5, 0.6) is 23.0 Å². The van der Waals surface area contributed by atoms with Crippen LogP contribution in [-0.2, 0) is 19.7 Å². The Morgan fingerprint density at radius 3 is 1.20 bits per heavy atom. The van der Waals surface area contributed by atoms with Crippen molar-refractivity contribution >= 4 is 24.1 Å². The third kappa shape index (κ3) is 11.7. The molecule has 0 aliphatic rings. The van der Waals surface area contributed by atoms with Crippen molar-refractivity contribution in [3.05, 3.63) is 41.9 Å². The van der Waals surface area contributed by atoms with Gasteiger partial charge >= 0.3 is 4.38 Å². The van der Waals surface area contributed by atoms with Gasteiger partial charge in [0.25, 0.3) is 19.7 Å². The lowest BCUT2D eigenvalue weighted by molar-refractivity contribution is 0.00377. The summed E-state index contributed by atoms with van der Waals surface area (Å²) in [6, 6.07) is 8.17. The number of nitrogens with zero attached hydrogens (tertiary/aromatic N) is 2. The largest absolute Gasteiger partial charge is 0.504 e. The second-order valence-electron chi connectivity index (χ2n) is 10.8. The Morgan fingerprint density at radius 2 is 0.889 bits per heavy atom. The van der Waals surface area contributed by atoms with E-state index in [0.717, 1.165) is 64.2 Å². The van der Waals surface area contributed by atoms with Gasteiger partial charge in [-0.25, -0.2) is 16.8 Å². The van der Waals surface area contributed by atoms with Crippen molar-refractivity contribution < 1.29 is 40.6 Å². The highest BCUT2D eigenvalue weighted by atomic mass is 32.3. The molecule has 0 saturated heterocycles. The Bertz CT molecular complexity index is 1350. The monoisotopic (exact) mass is 666 g/mol. The zero-order valence-corrected chi connectivity index (χ0v) is 28.9. The molecule has 45 heavy (non-hydrogen) atoms. The molecule has 12 heteroatoms. The van der Waals surface area contributed by atoms with Gasteiger partial charge in [-0.3, -0.25) is 0 Å². The van der Waals surface area contributed by atoms with Crippen LogP contribution in [0.4, 0.5) is 0 Å². The van der Waals surface area contributed by atoms with E-state index < -0.39 is 33.8 Å². The molecule has 2 aromatic carbocycles. The summed E-state index contributed by atoms with van der Waals surface area (Å²) in [5.74, 6) is 0.612. The molecule has 252 valence electrons. The SMILES string of the molecule is CCCCCOc1ccc(S(=O)(=O)C(=[N+]=[N-])S(=O)(=O)c2ccc(OCCCCC)cc2OCCCCC)c(OCCCCC)c1. The summed E-state index contributed by atoms with van der Waals surface area (Å²) < 4.78 is 77.5. The Hall–Kier alpha value is -3.08. The molecule has 0 unspecified atom stereocenters. The third-order valence-corrected chi connectivity index (χ3v) is 11.2. The average Bonchev–Trinajstić information content (AvgIpc) is 3.02. The molecule has 2 aromatic rings. The molecular formula is C33H50N2O8S2. The molecular weight excluding hydrogens is 617 g/mol. The van der Waals surface area contributed by atoms with Gasteiger partial charge in [0.05, 0.1) is 26.4 Å². The van der Waals surface area contributed by atoms with Crippen LogP contribution in [-0.4, -0.2) is 52.4 Å². The molecule has 0 aliphatic carbocycles. The molecule has 0 fully saturated rings. The number of sulfone groups is 2. The van der Waals surface area contributed by atoms with Crippen LogP contribution in [0.3, 0.4) is 0 Å². The maximum Gasteiger partial charge on any atom is 0.504 e. The summed E-state index contributed by atoms with van der Waals surface area (Å²) in [6.07, 6.45) is 10.6. The molecule has 2 rings (SSSR count). The van der Waals surface area contributed by atoms with Crippen molar-refractivity contribution in [3.63, 3.8) is 0 Å². The number of rotatable bonds is 22. The van der Waals surface area contributed by atoms with E-state index >= 15 is 0 Å². The van der Waals surface area contributed by atoms with Gasteiger partial charge in [0.1, 0.15) is 32.8 Å². The maximum absolute atomic E-state index is 13.9. The lowest BCUT2D eigenvalue weighted by Crippen LogP contribution is -2.27. The molecule has 0 N–H and O–H groups in total. The first-order valence-corrected chi connectivity index (χ1v) is 19.1. The Balaban J connectivity index is 2.52. The standard InChI is InChI=1S/C33H50N2O8S2/c1-5-9-13-21-40-27-17-19-31(29(25-27)42-23-15-11-7-3)44(36,37)33(35-34)45(38,39)32-20-18-28(41-22-14-10-6-2)26-30(32)43-24-16-12-8-4/h17-20,25-26H,5-16,21-24H2,1-4H3. The molecule has 0 spiro atoms. The first-order chi connectivity index (χ1) is 21.7. The van der Waals surface area contributed by atoms with E-state index in [0.29, 0.717) is 37.6 Å². The lowest BCUT2D eigenvalue weighted by Gasteiger charge is -2.15. The fraction of sp³-hybridized carbons (Fsp3) is 0.606. The van der Waals surface area contributed by atoms with Crippen LogP contribution in [0.25, 0.3) is 5.53 Å². The quantitative estimate of drug-likeness (QED) is 0.0407. The van der Waals surface area contributed by atoms with Crippen molar-refractivity contribution in [1.29, 1.82) is 0 Å². The highest BCUT2D eigenvalue weighted by Crippen LogP contribution is 2.35. The van der Waals surface area contributed by atoms with E-state index in [1.54, 1.807) is 0 Å². The highest BCUT2D eigenvalue weighted by molar-refractivity contribution is 8.31. The Kier molecular flexibility index (Phi) is 17.0. The van der Waals surface area contributed by atoms with E-state index in [1.807, 2.05) is 13.8 Å². The van der Waals surface area contributed by atoms with E-state index in [9.17, 15) is 22.4 Å². The molecule has 0 radical (unpaired) electrons. The van der Waals surface area contributed by atoms with Crippen LogP contribution in [0.15, 0.2) is 46.2 Å². The zero-order chi connectivity index (χ0) is 33.1. The number of hydrogen-bond donors (Lipinski definition) is 0. The third-order valence-electron chi connectivity index (χ3n) is 6.99. The molecule has 0 saturated carbocycles. The first kappa shape index (κ1) is 38.1. The van der Waals surface area contributed by atoms with Gasteiger partial charge in [-0.1, -0.05) is 79.1 Å². The van der Waals surface area contributed by atoms with Gasteiger partial charge in [0.15, 0.2) is 0 Å². The second-order valence-corrected chi connectivity index (χ2v) is 14.7. The van der Waals surface area contributed by atoms with Gasteiger partial charge in [-0.15, -0.1) is 4.79 Å². The lowest BCUT2D eigenvalue weighted by atomic mass is 10.2. The van der Waals surface area contributed by atoms with Gasteiger partial charge < -0.3 is 24.5 Å². The molecule has 0 amide bonds. The molecule has 10 nitrogen and oxygen atoms in total. The fourth-order valence-corrected chi connectivity index (χ4v) is 7.96. The zero-order valence-electron chi connectivity index (χ0n) is 27.3. The molecule has 0 atom stereocenters. The summed E-state index contributed by atoms with van der Waals surface area (Å²) >= 11 is 0. The summed E-state index contributed by atoms with van der Waals surface area (Å²) in [7, 11) is -9.82. The van der Waals surface area contributed by atoms with Crippen LogP contribution in [0.1, 0.15) is 105 Å². The van der Waals surface area contributed by atoms with Gasteiger partial charge in [0, 0.05) is 12.1 Å². The minimum Gasteiger partial charge on any atom is -0.493 e. The van der Waals surface area contributed by atoms with Crippen LogP contribution >= 0.6 is 0 Å². The van der Waals surface area contributed by atoms with Crippen molar-refractivity contribution in [1.82, 2.24) is 0 Å². The fourth-order valence-electron chi connectivity index (χ4n) is 4.42. The highest BCUT2D eigenvalue weighted by Gasteiger charge is 2.47. The summed E-state index contributed by atoms with van der Waals surface area (Å²) in [6.45, 7) is 9.51. The smallest absolute Gasteiger partial charge is 0.493 e. The maximum atomic E-state index is 13.9. The van der Waals surface area contributed by atoms with Crippen molar-refractivity contribution in [3.8, 4) is 23.0 Å². The first-order valence-electron chi connectivity index (χ1n) is 16.2. The predicted octanol–water partition coefficient (Wildman–Crippen LogP) is 7.80. The number of benzene rings is 2. The van der Waals surface area contributed by atoms with Crippen LogP contribution < -0.4 is 18.9 Å². The second kappa shape index (κ2) is 20.1. The molecule has 0 aliphatic heterocycles. The predicted molar refractivity (Wildman–Crippen MR) is 176 cm³/mol.